The molecule has 0 saturated carbocycles. The van der Waals surface area contributed by atoms with Crippen LogP contribution in [0, 0.1) is 0 Å². The predicted octanol–water partition coefficient (Wildman–Crippen LogP) is 4.34. The predicted molar refractivity (Wildman–Crippen MR) is 120 cm³/mol. The molecule has 29 heavy (non-hydrogen) atoms. The molecule has 3 aromatic rings. The van der Waals surface area contributed by atoms with Gasteiger partial charge in [-0.1, -0.05) is 12.1 Å². The van der Waals surface area contributed by atoms with E-state index in [-0.39, 0.29) is 30.5 Å². The summed E-state index contributed by atoms with van der Waals surface area (Å²) in [5.41, 5.74) is 1.09. The highest BCUT2D eigenvalue weighted by Crippen LogP contribution is 2.30. The number of aromatic amines is 1. The average Bonchev–Trinajstić information content (AvgIpc) is 3.29. The Bertz CT molecular complexity index is 904. The van der Waals surface area contributed by atoms with Crippen molar-refractivity contribution in [1.82, 2.24) is 25.6 Å². The van der Waals surface area contributed by atoms with Gasteiger partial charge < -0.3 is 15.6 Å². The van der Waals surface area contributed by atoms with Crippen LogP contribution in [0.25, 0.3) is 11.0 Å². The monoisotopic (exact) mass is 538 g/mol. The first kappa shape index (κ1) is 23.4. The Kier molecular flexibility index (Phi) is 8.68. The van der Waals surface area contributed by atoms with Crippen molar-refractivity contribution in [2.75, 3.05) is 13.1 Å². The Hall–Kier alpha value is -1.89. The summed E-state index contributed by atoms with van der Waals surface area (Å²) in [6.45, 7) is 3.34. The number of aryl methyl sites for hydroxylation is 1. The maximum atomic E-state index is 12.6. The van der Waals surface area contributed by atoms with Gasteiger partial charge in [-0.15, -0.1) is 35.3 Å². The second-order valence-corrected chi connectivity index (χ2v) is 6.99. The first-order valence-electron chi connectivity index (χ1n) is 8.93. The number of aliphatic imine (C=N–C) groups is 1. The van der Waals surface area contributed by atoms with Crippen LogP contribution in [0.3, 0.4) is 0 Å². The minimum Gasteiger partial charge on any atom is -0.357 e. The molecule has 0 unspecified atom stereocenters. The number of para-hydroxylation sites is 2. The smallest absolute Gasteiger partial charge is 0.357 e. The van der Waals surface area contributed by atoms with Crippen molar-refractivity contribution in [2.24, 2.45) is 4.99 Å². The van der Waals surface area contributed by atoms with Crippen LogP contribution >= 0.6 is 35.3 Å². The lowest BCUT2D eigenvalue weighted by Gasteiger charge is -2.10. The molecule has 0 spiro atoms. The molecule has 2 heterocycles. The van der Waals surface area contributed by atoms with Gasteiger partial charge in [0.15, 0.2) is 11.7 Å². The molecule has 0 bridgehead atoms. The Morgan fingerprint density at radius 1 is 1.21 bits per heavy atom. The van der Waals surface area contributed by atoms with E-state index in [0.717, 1.165) is 46.4 Å². The molecule has 0 aliphatic heterocycles. The van der Waals surface area contributed by atoms with Crippen LogP contribution in [0.1, 0.15) is 29.9 Å². The summed E-state index contributed by atoms with van der Waals surface area (Å²) in [5.74, 6) is 1.48. The van der Waals surface area contributed by atoms with Crippen LogP contribution in [0.15, 0.2) is 34.6 Å². The molecule has 0 aliphatic carbocycles. The van der Waals surface area contributed by atoms with Crippen molar-refractivity contribution in [3.05, 3.63) is 46.2 Å². The number of aromatic nitrogens is 3. The van der Waals surface area contributed by atoms with Crippen LogP contribution in [-0.4, -0.2) is 34.0 Å². The molecule has 3 rings (SSSR count). The average molecular weight is 538 g/mol. The van der Waals surface area contributed by atoms with E-state index < -0.39 is 11.9 Å². The lowest BCUT2D eigenvalue weighted by molar-refractivity contribution is -0.140. The van der Waals surface area contributed by atoms with Crippen molar-refractivity contribution in [2.45, 2.75) is 32.5 Å². The number of thiazole rings is 1. The summed E-state index contributed by atoms with van der Waals surface area (Å²) in [7, 11) is 0. The van der Waals surface area contributed by atoms with Gasteiger partial charge in [-0.2, -0.15) is 13.2 Å². The van der Waals surface area contributed by atoms with Crippen LogP contribution in [-0.2, 0) is 19.1 Å². The highest BCUT2D eigenvalue weighted by molar-refractivity contribution is 14.0. The van der Waals surface area contributed by atoms with Gasteiger partial charge in [0.2, 0.25) is 0 Å². The number of nitrogens with one attached hydrogen (secondary N) is 3. The normalized spacial score (nSPS) is 12.1. The molecule has 0 aliphatic rings. The van der Waals surface area contributed by atoms with Gasteiger partial charge in [-0.05, 0) is 25.5 Å². The molecule has 158 valence electrons. The number of nitrogens with zero attached hydrogens (tertiary/aromatic N) is 3. The van der Waals surface area contributed by atoms with E-state index >= 15 is 0 Å². The highest BCUT2D eigenvalue weighted by Gasteiger charge is 2.33. The van der Waals surface area contributed by atoms with Crippen molar-refractivity contribution in [3.63, 3.8) is 0 Å². The summed E-state index contributed by atoms with van der Waals surface area (Å²) < 4.78 is 37.8. The van der Waals surface area contributed by atoms with E-state index in [1.165, 1.54) is 0 Å². The molecular weight excluding hydrogens is 516 g/mol. The summed E-state index contributed by atoms with van der Waals surface area (Å²) in [6, 6.07) is 7.87. The largest absolute Gasteiger partial charge is 0.434 e. The van der Waals surface area contributed by atoms with E-state index in [0.29, 0.717) is 24.1 Å². The van der Waals surface area contributed by atoms with Gasteiger partial charge in [0.05, 0.1) is 17.6 Å². The molecule has 0 atom stereocenters. The van der Waals surface area contributed by atoms with E-state index in [1.807, 2.05) is 31.2 Å². The van der Waals surface area contributed by atoms with Gasteiger partial charge in [0, 0.05) is 24.9 Å². The molecule has 11 heteroatoms. The van der Waals surface area contributed by atoms with Crippen molar-refractivity contribution < 1.29 is 13.2 Å². The molecular formula is C18H22F3IN6S. The molecule has 3 N–H and O–H groups in total. The Morgan fingerprint density at radius 3 is 2.69 bits per heavy atom. The fourth-order valence-corrected chi connectivity index (χ4v) is 3.31. The number of benzene rings is 1. The minimum atomic E-state index is -4.42. The summed E-state index contributed by atoms with van der Waals surface area (Å²) in [4.78, 5) is 15.7. The first-order chi connectivity index (χ1) is 13.5. The maximum absolute atomic E-state index is 12.6. The van der Waals surface area contributed by atoms with E-state index in [9.17, 15) is 13.2 Å². The summed E-state index contributed by atoms with van der Waals surface area (Å²) >= 11 is 0.958. The van der Waals surface area contributed by atoms with E-state index in [2.05, 4.69) is 30.6 Å². The second kappa shape index (κ2) is 10.8. The van der Waals surface area contributed by atoms with E-state index in [4.69, 9.17) is 0 Å². The number of alkyl halides is 3. The zero-order chi connectivity index (χ0) is 20.0. The fourth-order valence-electron chi connectivity index (χ4n) is 2.59. The second-order valence-electron chi connectivity index (χ2n) is 6.05. The summed E-state index contributed by atoms with van der Waals surface area (Å²) in [6.07, 6.45) is -2.81. The van der Waals surface area contributed by atoms with Crippen molar-refractivity contribution >= 4 is 52.3 Å². The number of rotatable bonds is 7. The number of imidazole rings is 1. The van der Waals surface area contributed by atoms with Gasteiger partial charge in [0.25, 0.3) is 0 Å². The number of halogens is 4. The standard InChI is InChI=1S/C18H21F3N6S.HI/c1-2-22-17(24-10-16-27-14(11-28-16)18(19,20)21)23-9-5-8-15-25-12-6-3-4-7-13(12)26-15;/h3-4,6-7,11H,2,5,8-10H2,1H3,(H,25,26)(H2,22,23,24);1H. The molecule has 0 radical (unpaired) electrons. The zero-order valence-electron chi connectivity index (χ0n) is 15.7. The number of H-pyrrole nitrogens is 1. The molecule has 1 aromatic carbocycles. The third-order valence-electron chi connectivity index (χ3n) is 3.88. The first-order valence-corrected chi connectivity index (χ1v) is 9.81. The van der Waals surface area contributed by atoms with Crippen molar-refractivity contribution in [3.8, 4) is 0 Å². The Morgan fingerprint density at radius 2 is 2.00 bits per heavy atom. The van der Waals surface area contributed by atoms with Crippen molar-refractivity contribution in [1.29, 1.82) is 0 Å². The molecule has 2 aromatic heterocycles. The summed E-state index contributed by atoms with van der Waals surface area (Å²) in [5, 5.41) is 7.60. The van der Waals surface area contributed by atoms with Crippen LogP contribution in [0.4, 0.5) is 13.2 Å². The van der Waals surface area contributed by atoms with Gasteiger partial charge in [-0.25, -0.2) is 15.0 Å². The fraction of sp³-hybridized carbons (Fsp3) is 0.389. The van der Waals surface area contributed by atoms with Crippen LogP contribution < -0.4 is 10.6 Å². The Labute approximate surface area is 187 Å². The van der Waals surface area contributed by atoms with Gasteiger partial charge >= 0.3 is 6.18 Å². The van der Waals surface area contributed by atoms with Gasteiger partial charge in [0.1, 0.15) is 10.8 Å². The lowest BCUT2D eigenvalue weighted by atomic mass is 10.3. The SMILES string of the molecule is CCNC(=NCc1nc(C(F)(F)F)cs1)NCCCc1nc2ccccc2[nH]1.I. The number of hydrogen-bond donors (Lipinski definition) is 3. The molecule has 0 fully saturated rings. The third-order valence-corrected chi connectivity index (χ3v) is 4.71. The molecule has 6 nitrogen and oxygen atoms in total. The Balaban J connectivity index is 0.00000300. The highest BCUT2D eigenvalue weighted by atomic mass is 127. The molecule has 0 amide bonds. The number of guanidine groups is 1. The third kappa shape index (κ3) is 6.84. The number of hydrogen-bond acceptors (Lipinski definition) is 4. The number of fused-ring (bicyclic) bond motifs is 1. The quantitative estimate of drug-likeness (QED) is 0.181. The lowest BCUT2D eigenvalue weighted by Crippen LogP contribution is -2.37. The molecule has 0 saturated heterocycles. The minimum absolute atomic E-state index is 0. The van der Waals surface area contributed by atoms with Crippen LogP contribution in [0.5, 0.6) is 0 Å². The van der Waals surface area contributed by atoms with Gasteiger partial charge in [-0.3, -0.25) is 0 Å². The zero-order valence-corrected chi connectivity index (χ0v) is 18.9. The van der Waals surface area contributed by atoms with Crippen LogP contribution in [0.2, 0.25) is 0 Å². The topological polar surface area (TPSA) is 78.0 Å². The van der Waals surface area contributed by atoms with E-state index in [1.54, 1.807) is 0 Å². The maximum Gasteiger partial charge on any atom is 0.434 e.